The molecule has 3 aromatic heterocycles. The van der Waals surface area contributed by atoms with Crippen LogP contribution in [0.15, 0.2) is 59.3 Å². The molecule has 0 atom stereocenters. The van der Waals surface area contributed by atoms with Gasteiger partial charge in [-0.25, -0.2) is 15.0 Å². The normalized spacial score (nSPS) is 10.9. The molecule has 3 heterocycles. The first kappa shape index (κ1) is 27.3. The van der Waals surface area contributed by atoms with Crippen LogP contribution in [0.3, 0.4) is 0 Å². The summed E-state index contributed by atoms with van der Waals surface area (Å²) in [7, 11) is 1.62. The second-order valence-electron chi connectivity index (χ2n) is 9.18. The first-order valence-electron chi connectivity index (χ1n) is 12.4. The van der Waals surface area contributed by atoms with Crippen LogP contribution in [0.5, 0.6) is 5.75 Å². The summed E-state index contributed by atoms with van der Waals surface area (Å²) in [5, 5.41) is 8.26. The Kier molecular flexibility index (Phi) is 7.81. The van der Waals surface area contributed by atoms with Gasteiger partial charge in [0.1, 0.15) is 28.0 Å². The predicted octanol–water partition coefficient (Wildman–Crippen LogP) is 7.07. The monoisotopic (exact) mass is 574 g/mol. The summed E-state index contributed by atoms with van der Waals surface area (Å²) in [6.07, 6.45) is 1.56. The van der Waals surface area contributed by atoms with E-state index in [2.05, 4.69) is 25.4 Å². The number of aromatic nitrogens is 4. The van der Waals surface area contributed by atoms with Crippen LogP contribution >= 0.6 is 22.9 Å². The van der Waals surface area contributed by atoms with E-state index in [9.17, 15) is 4.79 Å². The molecule has 204 valence electrons. The number of hydrogen-bond donors (Lipinski definition) is 1. The van der Waals surface area contributed by atoms with Gasteiger partial charge in [-0.2, -0.15) is 0 Å². The molecule has 2 aromatic carbocycles. The highest BCUT2D eigenvalue weighted by molar-refractivity contribution is 7.17. The van der Waals surface area contributed by atoms with Crippen LogP contribution in [0.25, 0.3) is 11.3 Å². The number of nitrogens with zero attached hydrogens (tertiary/aromatic N) is 5. The summed E-state index contributed by atoms with van der Waals surface area (Å²) in [6, 6.07) is 15.0. The zero-order chi connectivity index (χ0) is 28.4. The molecule has 40 heavy (non-hydrogen) atoms. The molecule has 0 saturated carbocycles. The predicted molar refractivity (Wildman–Crippen MR) is 157 cm³/mol. The lowest BCUT2D eigenvalue weighted by molar-refractivity contribution is 0.0988. The number of benzene rings is 2. The minimum absolute atomic E-state index is 0.215. The van der Waals surface area contributed by atoms with Crippen molar-refractivity contribution < 1.29 is 14.1 Å². The number of ether oxygens (including phenoxy) is 1. The SMILES string of the molecule is COc1ccc(CN(C(=O)c2cnc(Nc3cc(-c4c(C)noc4C)nc(C)n3)s2)c2c(C)cccc2Cl)cc1. The largest absolute Gasteiger partial charge is 0.497 e. The summed E-state index contributed by atoms with van der Waals surface area (Å²) < 4.78 is 10.6. The Labute approximate surface area is 240 Å². The summed E-state index contributed by atoms with van der Waals surface area (Å²) in [5.74, 6) is 2.33. The molecule has 0 bridgehead atoms. The van der Waals surface area contributed by atoms with Crippen LogP contribution in [-0.4, -0.2) is 33.1 Å². The van der Waals surface area contributed by atoms with E-state index < -0.39 is 0 Å². The van der Waals surface area contributed by atoms with Gasteiger partial charge in [0, 0.05) is 6.07 Å². The molecule has 0 aliphatic rings. The standard InChI is InChI=1S/C29H27ClN6O3S/c1-16-7-6-8-22(30)27(16)36(15-20-9-11-21(38-5)12-10-20)28(37)24-14-31-29(40-24)34-25-13-23(32-19(4)33-25)26-17(2)35-39-18(26)3/h6-14H,15H2,1-5H3,(H,31,32,33,34). The van der Waals surface area contributed by atoms with Crippen LogP contribution < -0.4 is 15.0 Å². The Morgan fingerprint density at radius 2 is 1.88 bits per heavy atom. The van der Waals surface area contributed by atoms with Crippen LogP contribution in [0.1, 0.15) is 38.1 Å². The Hall–Kier alpha value is -4.28. The molecule has 0 radical (unpaired) electrons. The van der Waals surface area contributed by atoms with E-state index in [0.29, 0.717) is 50.4 Å². The molecule has 5 rings (SSSR count). The number of hydrogen-bond acceptors (Lipinski definition) is 9. The smallest absolute Gasteiger partial charge is 0.270 e. The van der Waals surface area contributed by atoms with E-state index >= 15 is 0 Å². The fourth-order valence-corrected chi connectivity index (χ4v) is 5.51. The lowest BCUT2D eigenvalue weighted by atomic mass is 10.1. The van der Waals surface area contributed by atoms with Crippen LogP contribution in [0.2, 0.25) is 5.02 Å². The molecule has 0 aliphatic carbocycles. The lowest BCUT2D eigenvalue weighted by Gasteiger charge is -2.25. The van der Waals surface area contributed by atoms with Crippen molar-refractivity contribution in [2.75, 3.05) is 17.3 Å². The molecule has 0 spiro atoms. The van der Waals surface area contributed by atoms with Crippen molar-refractivity contribution in [2.24, 2.45) is 0 Å². The fraction of sp³-hybridized carbons (Fsp3) is 0.207. The van der Waals surface area contributed by atoms with Gasteiger partial charge in [-0.1, -0.05) is 52.4 Å². The number of carbonyl (C=O) groups is 1. The third-order valence-electron chi connectivity index (χ3n) is 6.28. The highest BCUT2D eigenvalue weighted by atomic mass is 35.5. The van der Waals surface area contributed by atoms with Crippen LogP contribution in [0, 0.1) is 27.7 Å². The molecule has 0 saturated heterocycles. The maximum atomic E-state index is 13.9. The number of nitrogens with one attached hydrogen (secondary N) is 1. The van der Waals surface area contributed by atoms with Crippen molar-refractivity contribution in [2.45, 2.75) is 34.2 Å². The van der Waals surface area contributed by atoms with Crippen molar-refractivity contribution in [3.8, 4) is 17.0 Å². The number of aryl methyl sites for hydroxylation is 4. The van der Waals surface area contributed by atoms with E-state index in [1.165, 1.54) is 11.3 Å². The number of rotatable bonds is 8. The Morgan fingerprint density at radius 3 is 2.55 bits per heavy atom. The molecule has 1 amide bonds. The zero-order valence-electron chi connectivity index (χ0n) is 22.7. The van der Waals surface area contributed by atoms with Gasteiger partial charge in [-0.3, -0.25) is 4.79 Å². The number of amides is 1. The average Bonchev–Trinajstić information content (AvgIpc) is 3.53. The van der Waals surface area contributed by atoms with Crippen LogP contribution in [0.4, 0.5) is 16.6 Å². The molecule has 5 aromatic rings. The van der Waals surface area contributed by atoms with Crippen molar-refractivity contribution in [3.05, 3.63) is 93.0 Å². The number of para-hydroxylation sites is 1. The van der Waals surface area contributed by atoms with Gasteiger partial charge in [0.2, 0.25) is 0 Å². The Morgan fingerprint density at radius 1 is 1.10 bits per heavy atom. The zero-order valence-corrected chi connectivity index (χ0v) is 24.2. The number of thiazole rings is 1. The van der Waals surface area contributed by atoms with Crippen molar-refractivity contribution in [1.82, 2.24) is 20.1 Å². The van der Waals surface area contributed by atoms with Gasteiger partial charge >= 0.3 is 0 Å². The lowest BCUT2D eigenvalue weighted by Crippen LogP contribution is -2.30. The van der Waals surface area contributed by atoms with Gasteiger partial charge in [-0.05, 0) is 57.0 Å². The number of halogens is 1. The maximum Gasteiger partial charge on any atom is 0.270 e. The van der Waals surface area contributed by atoms with Gasteiger partial charge < -0.3 is 19.5 Å². The summed E-state index contributed by atoms with van der Waals surface area (Å²) in [5.41, 5.74) is 4.74. The van der Waals surface area contributed by atoms with Gasteiger partial charge in [0.15, 0.2) is 5.13 Å². The molecule has 0 unspecified atom stereocenters. The third kappa shape index (κ3) is 5.68. The second kappa shape index (κ2) is 11.4. The number of methoxy groups -OCH3 is 1. The minimum atomic E-state index is -0.215. The molecule has 9 nitrogen and oxygen atoms in total. The third-order valence-corrected chi connectivity index (χ3v) is 7.49. The maximum absolute atomic E-state index is 13.9. The summed E-state index contributed by atoms with van der Waals surface area (Å²) >= 11 is 7.85. The van der Waals surface area contributed by atoms with Crippen molar-refractivity contribution in [3.63, 3.8) is 0 Å². The summed E-state index contributed by atoms with van der Waals surface area (Å²) in [6.45, 7) is 7.78. The Bertz CT molecular complexity index is 1640. The topological polar surface area (TPSA) is 106 Å². The molecule has 0 fully saturated rings. The van der Waals surface area contributed by atoms with E-state index in [0.717, 1.165) is 28.1 Å². The minimum Gasteiger partial charge on any atom is -0.497 e. The fourth-order valence-electron chi connectivity index (χ4n) is 4.41. The number of carbonyl (C=O) groups excluding carboxylic acids is 1. The second-order valence-corrected chi connectivity index (χ2v) is 10.6. The van der Waals surface area contributed by atoms with Crippen LogP contribution in [-0.2, 0) is 6.54 Å². The van der Waals surface area contributed by atoms with Crippen molar-refractivity contribution in [1.29, 1.82) is 0 Å². The van der Waals surface area contributed by atoms with E-state index in [1.54, 1.807) is 24.3 Å². The van der Waals surface area contributed by atoms with Gasteiger partial charge in [-0.15, -0.1) is 0 Å². The molecule has 1 N–H and O–H groups in total. The van der Waals surface area contributed by atoms with E-state index in [1.807, 2.05) is 70.2 Å². The molecule has 0 aliphatic heterocycles. The number of anilines is 3. The highest BCUT2D eigenvalue weighted by Gasteiger charge is 2.24. The molecule has 11 heteroatoms. The summed E-state index contributed by atoms with van der Waals surface area (Å²) in [4.78, 5) is 29.6. The first-order valence-corrected chi connectivity index (χ1v) is 13.6. The van der Waals surface area contributed by atoms with E-state index in [-0.39, 0.29) is 5.91 Å². The van der Waals surface area contributed by atoms with Gasteiger partial charge in [0.05, 0.1) is 47.5 Å². The molecular formula is C29H27ClN6O3S. The van der Waals surface area contributed by atoms with Crippen molar-refractivity contribution >= 4 is 45.5 Å². The first-order chi connectivity index (χ1) is 19.2. The molecular weight excluding hydrogens is 548 g/mol. The highest BCUT2D eigenvalue weighted by Crippen LogP contribution is 2.34. The Balaban J connectivity index is 1.44. The average molecular weight is 575 g/mol. The van der Waals surface area contributed by atoms with Gasteiger partial charge in [0.25, 0.3) is 5.91 Å². The quantitative estimate of drug-likeness (QED) is 0.210. The van der Waals surface area contributed by atoms with E-state index in [4.69, 9.17) is 20.9 Å².